The second-order valence-corrected chi connectivity index (χ2v) is 28.3. The predicted molar refractivity (Wildman–Crippen MR) is 405 cm³/mol. The number of aromatic nitrogens is 2. The van der Waals surface area contributed by atoms with Gasteiger partial charge in [0.1, 0.15) is 71.7 Å². The highest BCUT2D eigenvalue weighted by Crippen LogP contribution is 2.34. The molecule has 0 spiro atoms. The molecule has 5 aromatic carbocycles. The highest BCUT2D eigenvalue weighted by atomic mass is 19.1. The van der Waals surface area contributed by atoms with Crippen molar-refractivity contribution in [2.45, 2.75) is 157 Å². The number of rotatable bonds is 21. The molecule has 1 saturated heterocycles. The van der Waals surface area contributed by atoms with Crippen molar-refractivity contribution in [3.05, 3.63) is 167 Å². The molecule has 586 valence electrons. The first-order valence-electron chi connectivity index (χ1n) is 36.7. The summed E-state index contributed by atoms with van der Waals surface area (Å²) >= 11 is 0. The average molecular weight is 1520 g/mol. The zero-order valence-electron chi connectivity index (χ0n) is 62.1. The van der Waals surface area contributed by atoms with Crippen LogP contribution in [0.1, 0.15) is 92.5 Å². The number of halogens is 1. The van der Waals surface area contributed by atoms with Gasteiger partial charge in [0.2, 0.25) is 70.9 Å². The number of aryl methyl sites for hydroxylation is 1. The number of aliphatic hydroxyl groups is 1. The Labute approximate surface area is 635 Å². The van der Waals surface area contributed by atoms with Crippen molar-refractivity contribution >= 4 is 92.7 Å². The SMILES string of the molecule is CC(=O)NCCCC[C@H]1C(=O)N[C@@H](Cc2c[nH]c3ccc(O)cc23)C(=O)N[C@@H](Cc2c[nH]c3ccccc23)C(=O)N[C@@H](C2CC2)C(=O)N(C)[C@H](C(=O)N(C)[C@@H](Cc2ccc(F)cc2)C(N)=O)CNC(=O)CCC[C@H](N)C(=O)N[C@@H](Cc2ccc(O)cc2)C(=O)N[C@@H](CO)C(=O)N(C)[C@@H](CCc2ccccc2)C(=O)N1C. The van der Waals surface area contributed by atoms with Gasteiger partial charge in [-0.2, -0.15) is 0 Å². The molecule has 2 aromatic heterocycles. The number of benzene rings is 5. The van der Waals surface area contributed by atoms with Crippen LogP contribution < -0.4 is 48.7 Å². The number of nitrogens with two attached hydrogens (primary N) is 2. The van der Waals surface area contributed by atoms with Crippen LogP contribution in [0, 0.1) is 11.7 Å². The first-order chi connectivity index (χ1) is 52.6. The van der Waals surface area contributed by atoms with Crippen molar-refractivity contribution in [1.29, 1.82) is 0 Å². The molecule has 0 unspecified atom stereocenters. The number of aliphatic hydroxyl groups excluding tert-OH is 1. The Morgan fingerprint density at radius 3 is 1.82 bits per heavy atom. The van der Waals surface area contributed by atoms with Gasteiger partial charge >= 0.3 is 0 Å². The molecule has 2 fully saturated rings. The zero-order chi connectivity index (χ0) is 79.5. The molecule has 10 atom stereocenters. The van der Waals surface area contributed by atoms with Crippen molar-refractivity contribution < 1.29 is 77.2 Å². The fourth-order valence-corrected chi connectivity index (χ4v) is 13.7. The Morgan fingerprint density at radius 1 is 0.600 bits per heavy atom. The summed E-state index contributed by atoms with van der Waals surface area (Å²) in [5.41, 5.74) is 16.2. The molecule has 16 N–H and O–H groups in total. The summed E-state index contributed by atoms with van der Waals surface area (Å²) in [7, 11) is 5.19. The van der Waals surface area contributed by atoms with Gasteiger partial charge in [-0.25, -0.2) is 4.39 Å². The van der Waals surface area contributed by atoms with Gasteiger partial charge in [-0.1, -0.05) is 72.8 Å². The molecular weight excluding hydrogens is 1420 g/mol. The number of para-hydroxylation sites is 1. The number of nitrogens with one attached hydrogen (secondary N) is 9. The summed E-state index contributed by atoms with van der Waals surface area (Å²) < 4.78 is 14.1. The van der Waals surface area contributed by atoms with E-state index in [0.717, 1.165) is 37.3 Å². The van der Waals surface area contributed by atoms with Crippen molar-refractivity contribution in [2.24, 2.45) is 17.4 Å². The van der Waals surface area contributed by atoms with Crippen molar-refractivity contribution in [1.82, 2.24) is 66.8 Å². The minimum Gasteiger partial charge on any atom is -0.508 e. The number of primary amides is 1. The summed E-state index contributed by atoms with van der Waals surface area (Å²) in [6, 6.07) is 16.3. The molecule has 110 heavy (non-hydrogen) atoms. The van der Waals surface area contributed by atoms with Crippen molar-refractivity contribution in [2.75, 3.05) is 47.9 Å². The fourth-order valence-electron chi connectivity index (χ4n) is 13.7. The van der Waals surface area contributed by atoms with Crippen LogP contribution in [0.4, 0.5) is 4.39 Å². The number of H-pyrrole nitrogens is 2. The predicted octanol–water partition coefficient (Wildman–Crippen LogP) is 1.66. The second kappa shape index (κ2) is 38.4. The van der Waals surface area contributed by atoms with Gasteiger partial charge in [0.15, 0.2) is 0 Å². The van der Waals surface area contributed by atoms with Gasteiger partial charge in [-0.05, 0) is 140 Å². The molecule has 1 aliphatic heterocycles. The molecule has 9 rings (SSSR count). The Bertz CT molecular complexity index is 4440. The van der Waals surface area contributed by atoms with Gasteiger partial charge < -0.3 is 93.6 Å². The number of fused-ring (bicyclic) bond motifs is 2. The lowest BCUT2D eigenvalue weighted by Gasteiger charge is -2.36. The van der Waals surface area contributed by atoms with Crippen LogP contribution in [-0.4, -0.2) is 224 Å². The topological polar surface area (TPSA) is 446 Å². The minimum absolute atomic E-state index is 0.0688. The third-order valence-electron chi connectivity index (χ3n) is 20.4. The number of hydrogen-bond donors (Lipinski definition) is 14. The fraction of sp³-hybridized carbons (Fsp3) is 0.418. The van der Waals surface area contributed by atoms with Gasteiger partial charge in [0.05, 0.1) is 12.6 Å². The smallest absolute Gasteiger partial charge is 0.247 e. The largest absolute Gasteiger partial charge is 0.508 e. The standard InChI is InChI=1S/C79H98FN15O15/c1-45(97)83-35-12-11-19-64-75(106)89-61(39-51-42-85-59-33-32-54(99)40-56(51)59)73(104)88-62(38-50-41-84-58-18-10-9-16-55(50)58)74(105)91-69(49-26-27-49)79(110)95(5)67(78(109)94(4)66(70(82)101)37-48-21-28-52(80)29-22-48)43-86-68(100)20-13-17-57(81)71(102)87-60(36-47-23-30-53(98)31-24-47)72(103)90-63(44-96)76(107)93(3)65(77(108)92(64)2)34-25-46-14-7-6-8-15-46/h6-10,14-16,18,21-24,28-33,40-42,49,57,60-67,69,84-85,96,98-99H,11-13,17,19-20,25-27,34-39,43-44,81H2,1-5H3,(H2,82,101)(H,83,97)(H,86,100)(H,87,102)(H,88,104)(H,89,106)(H,90,103)(H,91,105)/t57-,60-,61-,62-,63-,64-,65-,66-,67-,69-/m0/s1. The average Bonchev–Trinajstić information content (AvgIpc) is 1.44. The number of phenols is 2. The number of aromatic hydroxyl groups is 2. The number of amides is 12. The Balaban J connectivity index is 1.13. The Morgan fingerprint density at radius 2 is 1.17 bits per heavy atom. The van der Waals surface area contributed by atoms with Crippen molar-refractivity contribution in [3.63, 3.8) is 0 Å². The third kappa shape index (κ3) is 22.0. The van der Waals surface area contributed by atoms with Gasteiger partial charge in [-0.15, -0.1) is 0 Å². The quantitative estimate of drug-likeness (QED) is 0.0455. The second-order valence-electron chi connectivity index (χ2n) is 28.3. The third-order valence-corrected chi connectivity index (χ3v) is 20.4. The molecule has 7 aromatic rings. The molecule has 31 heteroatoms. The lowest BCUT2D eigenvalue weighted by atomic mass is 9.99. The van der Waals surface area contributed by atoms with Crippen LogP contribution >= 0.6 is 0 Å². The molecule has 0 radical (unpaired) electrons. The molecular formula is C79H98FN15O15. The van der Waals surface area contributed by atoms with E-state index in [1.165, 1.54) is 83.6 Å². The normalized spacial score (nSPS) is 22.1. The molecule has 1 saturated carbocycles. The maximum absolute atomic E-state index is 15.8. The molecule has 30 nitrogen and oxygen atoms in total. The number of aromatic amines is 2. The number of carbonyl (C=O) groups is 12. The van der Waals surface area contributed by atoms with Gasteiger partial charge in [0.25, 0.3) is 0 Å². The van der Waals surface area contributed by atoms with Crippen LogP contribution in [0.25, 0.3) is 21.8 Å². The number of phenolic OH excluding ortho intramolecular Hbond substituents is 2. The number of carbonyl (C=O) groups excluding carboxylic acids is 12. The lowest BCUT2D eigenvalue weighted by Crippen LogP contribution is -2.62. The van der Waals surface area contributed by atoms with Crippen LogP contribution in [0.15, 0.2) is 134 Å². The summed E-state index contributed by atoms with van der Waals surface area (Å²) in [6.45, 7) is -0.112. The minimum atomic E-state index is -1.78. The monoisotopic (exact) mass is 1520 g/mol. The van der Waals surface area contributed by atoms with E-state index in [1.54, 1.807) is 60.9 Å². The molecule has 0 bridgehead atoms. The van der Waals surface area contributed by atoms with E-state index in [-0.39, 0.29) is 94.6 Å². The Hall–Kier alpha value is -11.7. The van der Waals surface area contributed by atoms with E-state index in [2.05, 4.69) is 47.2 Å². The summed E-state index contributed by atoms with van der Waals surface area (Å²) in [6.07, 6.45) is 2.98. The van der Waals surface area contributed by atoms with Crippen LogP contribution in [-0.2, 0) is 89.6 Å². The summed E-state index contributed by atoms with van der Waals surface area (Å²) in [4.78, 5) is 187. The number of hydrogen-bond acceptors (Lipinski definition) is 16. The van der Waals surface area contributed by atoms with Crippen LogP contribution in [0.5, 0.6) is 11.5 Å². The first kappa shape index (κ1) is 82.3. The summed E-state index contributed by atoms with van der Waals surface area (Å²) in [5, 5.41) is 52.4. The highest BCUT2D eigenvalue weighted by molar-refractivity contribution is 6.00. The van der Waals surface area contributed by atoms with Crippen molar-refractivity contribution in [3.8, 4) is 11.5 Å². The van der Waals surface area contributed by atoms with Crippen LogP contribution in [0.3, 0.4) is 0 Å². The number of unbranched alkanes of at least 4 members (excludes halogenated alkanes) is 1. The Kier molecular flexibility index (Phi) is 28.7. The van der Waals surface area contributed by atoms with E-state index in [9.17, 15) is 43.7 Å². The first-order valence-corrected chi connectivity index (χ1v) is 36.7. The van der Waals surface area contributed by atoms with Crippen LogP contribution in [0.2, 0.25) is 0 Å². The van der Waals surface area contributed by atoms with Gasteiger partial charge in [-0.3, -0.25) is 57.5 Å². The van der Waals surface area contributed by atoms with Gasteiger partial charge in [0, 0.05) is 115 Å². The maximum atomic E-state index is 15.8. The molecule has 1 aliphatic carbocycles. The summed E-state index contributed by atoms with van der Waals surface area (Å²) in [5.74, 6) is -11.4. The van der Waals surface area contributed by atoms with E-state index in [1.807, 2.05) is 12.1 Å². The number of likely N-dealkylation sites (N-methyl/N-ethyl adjacent to an activating group) is 4. The maximum Gasteiger partial charge on any atom is 0.247 e. The lowest BCUT2D eigenvalue weighted by molar-refractivity contribution is -0.150. The zero-order valence-corrected chi connectivity index (χ0v) is 62.1. The van der Waals surface area contributed by atoms with E-state index >= 15 is 33.6 Å². The van der Waals surface area contributed by atoms with E-state index in [0.29, 0.717) is 63.3 Å². The van der Waals surface area contributed by atoms with E-state index < -0.39 is 150 Å². The highest BCUT2D eigenvalue weighted by Gasteiger charge is 2.45. The van der Waals surface area contributed by atoms with E-state index in [4.69, 9.17) is 11.5 Å². The molecule has 2 aliphatic rings. The molecule has 12 amide bonds. The molecule has 3 heterocycles. The number of nitrogens with zero attached hydrogens (tertiary/aromatic N) is 4.